The maximum absolute atomic E-state index is 5.81. The second-order valence-corrected chi connectivity index (χ2v) is 5.15. The maximum atomic E-state index is 5.81. The first-order chi connectivity index (χ1) is 9.66. The van der Waals surface area contributed by atoms with Crippen molar-refractivity contribution in [3.8, 4) is 5.75 Å². The Morgan fingerprint density at radius 3 is 2.75 bits per heavy atom. The zero-order valence-electron chi connectivity index (χ0n) is 12.5. The Morgan fingerprint density at radius 1 is 1.25 bits per heavy atom. The van der Waals surface area contributed by atoms with Crippen molar-refractivity contribution in [2.24, 2.45) is 7.05 Å². The van der Waals surface area contributed by atoms with Gasteiger partial charge in [0.25, 0.3) is 0 Å². The Morgan fingerprint density at radius 2 is 2.05 bits per heavy atom. The highest BCUT2D eigenvalue weighted by atomic mass is 16.5. The molecule has 1 heterocycles. The Balaban J connectivity index is 1.83. The molecule has 0 radical (unpaired) electrons. The number of rotatable bonds is 7. The van der Waals surface area contributed by atoms with Crippen LogP contribution in [0.2, 0.25) is 0 Å². The second kappa shape index (κ2) is 7.10. The molecule has 0 atom stereocenters. The lowest BCUT2D eigenvalue weighted by molar-refractivity contribution is 0.239. The van der Waals surface area contributed by atoms with E-state index in [-0.39, 0.29) is 6.10 Å². The van der Waals surface area contributed by atoms with Crippen LogP contribution in [-0.2, 0) is 20.0 Å². The minimum absolute atomic E-state index is 0.200. The fourth-order valence-corrected chi connectivity index (χ4v) is 2.10. The van der Waals surface area contributed by atoms with Gasteiger partial charge in [0, 0.05) is 44.0 Å². The number of hydrogen-bond donors (Lipinski definition) is 1. The Kier molecular flexibility index (Phi) is 5.18. The monoisotopic (exact) mass is 273 g/mol. The number of nitrogens with one attached hydrogen (secondary N) is 1. The van der Waals surface area contributed by atoms with E-state index in [1.807, 2.05) is 50.0 Å². The minimum Gasteiger partial charge on any atom is -0.491 e. The molecule has 1 N–H and O–H groups in total. The Labute approximate surface area is 120 Å². The molecule has 0 amide bonds. The molecule has 0 bridgehead atoms. The fourth-order valence-electron chi connectivity index (χ4n) is 2.10. The smallest absolute Gasteiger partial charge is 0.124 e. The number of hydrogen-bond acceptors (Lipinski definition) is 3. The average molecular weight is 273 g/mol. The summed E-state index contributed by atoms with van der Waals surface area (Å²) in [5.74, 6) is 0.968. The van der Waals surface area contributed by atoms with Gasteiger partial charge in [-0.1, -0.05) is 18.2 Å². The van der Waals surface area contributed by atoms with Gasteiger partial charge in [-0.05, 0) is 26.0 Å². The van der Waals surface area contributed by atoms with Crippen LogP contribution in [-0.4, -0.2) is 22.4 Å². The van der Waals surface area contributed by atoms with Crippen LogP contribution in [0.25, 0.3) is 0 Å². The predicted octanol–water partition coefficient (Wildman–Crippen LogP) is 2.54. The summed E-state index contributed by atoms with van der Waals surface area (Å²) < 4.78 is 7.73. The van der Waals surface area contributed by atoms with Gasteiger partial charge in [0.05, 0.1) is 6.10 Å². The van der Waals surface area contributed by atoms with Crippen LogP contribution in [0.15, 0.2) is 36.5 Å². The first-order valence-electron chi connectivity index (χ1n) is 7.09. The van der Waals surface area contributed by atoms with E-state index in [1.54, 1.807) is 0 Å². The van der Waals surface area contributed by atoms with Gasteiger partial charge < -0.3 is 10.1 Å². The van der Waals surface area contributed by atoms with Gasteiger partial charge >= 0.3 is 0 Å². The van der Waals surface area contributed by atoms with E-state index in [4.69, 9.17) is 4.74 Å². The highest BCUT2D eigenvalue weighted by Gasteiger charge is 2.04. The van der Waals surface area contributed by atoms with Crippen molar-refractivity contribution in [1.82, 2.24) is 15.1 Å². The first-order valence-corrected chi connectivity index (χ1v) is 7.09. The van der Waals surface area contributed by atoms with Crippen molar-refractivity contribution in [2.75, 3.05) is 6.54 Å². The maximum Gasteiger partial charge on any atom is 0.124 e. The summed E-state index contributed by atoms with van der Waals surface area (Å²) in [7, 11) is 1.97. The summed E-state index contributed by atoms with van der Waals surface area (Å²) in [4.78, 5) is 0. The second-order valence-electron chi connectivity index (χ2n) is 5.15. The third-order valence-electron chi connectivity index (χ3n) is 3.13. The van der Waals surface area contributed by atoms with Crippen LogP contribution >= 0.6 is 0 Å². The van der Waals surface area contributed by atoms with Crippen LogP contribution in [0.3, 0.4) is 0 Å². The van der Waals surface area contributed by atoms with E-state index in [2.05, 4.69) is 22.5 Å². The molecule has 2 rings (SSSR count). The van der Waals surface area contributed by atoms with E-state index in [0.717, 1.165) is 25.3 Å². The van der Waals surface area contributed by atoms with Crippen LogP contribution in [0, 0.1) is 0 Å². The number of aromatic nitrogens is 2. The van der Waals surface area contributed by atoms with Crippen molar-refractivity contribution in [2.45, 2.75) is 32.9 Å². The zero-order valence-corrected chi connectivity index (χ0v) is 12.5. The van der Waals surface area contributed by atoms with E-state index >= 15 is 0 Å². The molecule has 0 saturated carbocycles. The van der Waals surface area contributed by atoms with E-state index < -0.39 is 0 Å². The lowest BCUT2D eigenvalue weighted by atomic mass is 10.2. The van der Waals surface area contributed by atoms with Crippen LogP contribution in [0.5, 0.6) is 5.75 Å². The molecule has 0 spiro atoms. The number of para-hydroxylation sites is 1. The highest BCUT2D eigenvalue weighted by Crippen LogP contribution is 2.19. The van der Waals surface area contributed by atoms with Gasteiger partial charge in [-0.15, -0.1) is 0 Å². The molecular formula is C16H23N3O. The van der Waals surface area contributed by atoms with Gasteiger partial charge in [-0.25, -0.2) is 0 Å². The zero-order chi connectivity index (χ0) is 14.4. The SMILES string of the molecule is CC(C)Oc1ccccc1CNCCc1ccnn1C. The topological polar surface area (TPSA) is 39.1 Å². The van der Waals surface area contributed by atoms with Gasteiger partial charge in [-0.3, -0.25) is 4.68 Å². The third kappa shape index (κ3) is 4.10. The first kappa shape index (κ1) is 14.6. The minimum atomic E-state index is 0.200. The molecule has 1 aromatic carbocycles. The Hall–Kier alpha value is -1.81. The molecule has 0 aliphatic heterocycles. The summed E-state index contributed by atoms with van der Waals surface area (Å²) >= 11 is 0. The van der Waals surface area contributed by atoms with Crippen molar-refractivity contribution < 1.29 is 4.74 Å². The molecular weight excluding hydrogens is 250 g/mol. The fraction of sp³-hybridized carbons (Fsp3) is 0.438. The van der Waals surface area contributed by atoms with Crippen molar-refractivity contribution in [3.63, 3.8) is 0 Å². The van der Waals surface area contributed by atoms with E-state index in [0.29, 0.717) is 0 Å². The molecule has 0 aliphatic rings. The lowest BCUT2D eigenvalue weighted by Crippen LogP contribution is -2.19. The van der Waals surface area contributed by atoms with Crippen LogP contribution in [0.1, 0.15) is 25.1 Å². The quantitative estimate of drug-likeness (QED) is 0.788. The summed E-state index contributed by atoms with van der Waals surface area (Å²) in [6.07, 6.45) is 3.01. The molecule has 0 aliphatic carbocycles. The molecule has 1 aromatic heterocycles. The number of nitrogens with zero attached hydrogens (tertiary/aromatic N) is 2. The van der Waals surface area contributed by atoms with Gasteiger partial charge in [0.15, 0.2) is 0 Å². The van der Waals surface area contributed by atoms with Crippen molar-refractivity contribution in [1.29, 1.82) is 0 Å². The van der Waals surface area contributed by atoms with Crippen molar-refractivity contribution >= 4 is 0 Å². The predicted molar refractivity (Wildman–Crippen MR) is 80.8 cm³/mol. The molecule has 2 aromatic rings. The average Bonchev–Trinajstić information content (AvgIpc) is 2.81. The summed E-state index contributed by atoms with van der Waals surface area (Å²) in [5, 5.41) is 7.63. The number of ether oxygens (including phenoxy) is 1. The van der Waals surface area contributed by atoms with Gasteiger partial charge in [0.2, 0.25) is 0 Å². The largest absolute Gasteiger partial charge is 0.491 e. The highest BCUT2D eigenvalue weighted by molar-refractivity contribution is 5.33. The molecule has 4 heteroatoms. The number of aryl methyl sites for hydroxylation is 1. The van der Waals surface area contributed by atoms with E-state index in [9.17, 15) is 0 Å². The van der Waals surface area contributed by atoms with Gasteiger partial charge in [0.1, 0.15) is 5.75 Å². The van der Waals surface area contributed by atoms with Crippen LogP contribution < -0.4 is 10.1 Å². The van der Waals surface area contributed by atoms with Gasteiger partial charge in [-0.2, -0.15) is 5.10 Å². The molecule has 0 unspecified atom stereocenters. The molecule has 4 nitrogen and oxygen atoms in total. The summed E-state index contributed by atoms with van der Waals surface area (Å²) in [5.41, 5.74) is 2.44. The molecule has 0 fully saturated rings. The molecule has 0 saturated heterocycles. The standard InChI is InChI=1S/C16H23N3O/c1-13(2)20-16-7-5-4-6-14(16)12-17-10-8-15-9-11-18-19(15)3/h4-7,9,11,13,17H,8,10,12H2,1-3H3. The lowest BCUT2D eigenvalue weighted by Gasteiger charge is -2.14. The normalized spacial score (nSPS) is 11.0. The van der Waals surface area contributed by atoms with Crippen molar-refractivity contribution in [3.05, 3.63) is 47.8 Å². The molecule has 20 heavy (non-hydrogen) atoms. The summed E-state index contributed by atoms with van der Waals surface area (Å²) in [6.45, 7) is 5.84. The summed E-state index contributed by atoms with van der Waals surface area (Å²) in [6, 6.07) is 10.2. The van der Waals surface area contributed by atoms with Crippen LogP contribution in [0.4, 0.5) is 0 Å². The Bertz CT molecular complexity index is 534. The third-order valence-corrected chi connectivity index (χ3v) is 3.13. The van der Waals surface area contributed by atoms with E-state index in [1.165, 1.54) is 11.3 Å². The number of benzene rings is 1. The molecule has 108 valence electrons.